The highest BCUT2D eigenvalue weighted by molar-refractivity contribution is 5.12. The van der Waals surface area contributed by atoms with Gasteiger partial charge in [-0.25, -0.2) is 0 Å². The second-order valence-corrected chi connectivity index (χ2v) is 2.43. The molecule has 0 bridgehead atoms. The Morgan fingerprint density at radius 1 is 1.56 bits per heavy atom. The minimum atomic E-state index is -0.472. The van der Waals surface area contributed by atoms with E-state index in [1.165, 1.54) is 0 Å². The van der Waals surface area contributed by atoms with Crippen LogP contribution in [0.2, 0.25) is 0 Å². The topological polar surface area (TPSA) is 44.0 Å². The van der Waals surface area contributed by atoms with E-state index in [9.17, 15) is 0 Å². The van der Waals surface area contributed by atoms with Gasteiger partial charge in [0.05, 0.1) is 18.1 Å². The highest BCUT2D eigenvalue weighted by Gasteiger charge is 2.29. The van der Waals surface area contributed by atoms with Crippen LogP contribution in [0.5, 0.6) is 0 Å². The zero-order valence-corrected chi connectivity index (χ0v) is 5.17. The van der Waals surface area contributed by atoms with Crippen LogP contribution in [0.1, 0.15) is 12.8 Å². The Kier molecular flexibility index (Phi) is 1.54. The maximum absolute atomic E-state index is 8.75. The molecule has 0 aliphatic heterocycles. The molecule has 0 amide bonds. The molecule has 0 radical (unpaired) electrons. The lowest BCUT2D eigenvalue weighted by molar-refractivity contribution is 0.185. The standard InChI is InChI=1S/C7H9NO/c8-5-7(6-9)3-1-2-4-7/h1-2,9H,3-4,6H2. The van der Waals surface area contributed by atoms with Crippen LogP contribution in [-0.4, -0.2) is 11.7 Å². The predicted molar refractivity (Wildman–Crippen MR) is 33.5 cm³/mol. The molecule has 1 rings (SSSR count). The molecular formula is C7H9NO. The summed E-state index contributed by atoms with van der Waals surface area (Å²) in [6.07, 6.45) is 5.30. The van der Waals surface area contributed by atoms with Crippen LogP contribution < -0.4 is 0 Å². The smallest absolute Gasteiger partial charge is 0.0872 e. The SMILES string of the molecule is N#CC1(CO)CC=CC1. The monoisotopic (exact) mass is 123 g/mol. The third-order valence-electron chi connectivity index (χ3n) is 1.72. The van der Waals surface area contributed by atoms with Crippen LogP contribution in [0.15, 0.2) is 12.2 Å². The van der Waals surface area contributed by atoms with E-state index < -0.39 is 5.41 Å². The fraction of sp³-hybridized carbons (Fsp3) is 0.571. The van der Waals surface area contributed by atoms with Crippen molar-refractivity contribution in [1.82, 2.24) is 0 Å². The lowest BCUT2D eigenvalue weighted by atomic mass is 9.89. The van der Waals surface area contributed by atoms with Crippen molar-refractivity contribution in [3.8, 4) is 6.07 Å². The van der Waals surface area contributed by atoms with Gasteiger partial charge < -0.3 is 5.11 Å². The maximum atomic E-state index is 8.75. The Hall–Kier alpha value is -0.810. The fourth-order valence-corrected chi connectivity index (χ4v) is 0.957. The Labute approximate surface area is 54.4 Å². The molecule has 0 fully saturated rings. The minimum absolute atomic E-state index is 0.0174. The number of hydrogen-bond donors (Lipinski definition) is 1. The molecule has 0 atom stereocenters. The van der Waals surface area contributed by atoms with Crippen LogP contribution in [0, 0.1) is 16.7 Å². The van der Waals surface area contributed by atoms with E-state index >= 15 is 0 Å². The molecule has 1 N–H and O–H groups in total. The van der Waals surface area contributed by atoms with Gasteiger partial charge in [-0.3, -0.25) is 0 Å². The average molecular weight is 123 g/mol. The van der Waals surface area contributed by atoms with Crippen LogP contribution in [0.25, 0.3) is 0 Å². The normalized spacial score (nSPS) is 21.8. The maximum Gasteiger partial charge on any atom is 0.0872 e. The summed E-state index contributed by atoms with van der Waals surface area (Å²) in [5.41, 5.74) is -0.472. The quantitative estimate of drug-likeness (QED) is 0.525. The Morgan fingerprint density at radius 2 is 2.11 bits per heavy atom. The molecule has 0 aromatic heterocycles. The van der Waals surface area contributed by atoms with Crippen LogP contribution >= 0.6 is 0 Å². The Bertz CT molecular complexity index is 158. The second-order valence-electron chi connectivity index (χ2n) is 2.43. The van der Waals surface area contributed by atoms with Crippen molar-refractivity contribution in [2.75, 3.05) is 6.61 Å². The molecule has 0 saturated carbocycles. The molecule has 48 valence electrons. The molecule has 0 aromatic carbocycles. The first-order chi connectivity index (χ1) is 4.33. The van der Waals surface area contributed by atoms with Gasteiger partial charge in [-0.05, 0) is 12.8 Å². The van der Waals surface area contributed by atoms with Gasteiger partial charge in [-0.2, -0.15) is 5.26 Å². The van der Waals surface area contributed by atoms with Gasteiger partial charge in [-0.15, -0.1) is 0 Å². The van der Waals surface area contributed by atoms with E-state index in [4.69, 9.17) is 10.4 Å². The van der Waals surface area contributed by atoms with E-state index in [2.05, 4.69) is 6.07 Å². The summed E-state index contributed by atoms with van der Waals surface area (Å²) >= 11 is 0. The molecule has 1 aliphatic carbocycles. The zero-order chi connectivity index (χ0) is 6.74. The Balaban J connectivity index is 2.64. The summed E-state index contributed by atoms with van der Waals surface area (Å²) in [5.74, 6) is 0. The van der Waals surface area contributed by atoms with E-state index in [0.29, 0.717) is 12.8 Å². The van der Waals surface area contributed by atoms with Crippen molar-refractivity contribution in [3.63, 3.8) is 0 Å². The number of hydrogen-bond acceptors (Lipinski definition) is 2. The summed E-state index contributed by atoms with van der Waals surface area (Å²) in [5, 5.41) is 17.3. The molecule has 0 spiro atoms. The summed E-state index contributed by atoms with van der Waals surface area (Å²) in [6.45, 7) is -0.0174. The van der Waals surface area contributed by atoms with Gasteiger partial charge >= 0.3 is 0 Å². The molecule has 0 aromatic rings. The lowest BCUT2D eigenvalue weighted by Gasteiger charge is -2.14. The summed E-state index contributed by atoms with van der Waals surface area (Å²) < 4.78 is 0. The van der Waals surface area contributed by atoms with Gasteiger partial charge in [0.2, 0.25) is 0 Å². The van der Waals surface area contributed by atoms with Crippen molar-refractivity contribution in [1.29, 1.82) is 5.26 Å². The largest absolute Gasteiger partial charge is 0.395 e. The molecule has 0 heterocycles. The predicted octanol–water partition coefficient (Wildman–Crippen LogP) is 0.839. The first-order valence-electron chi connectivity index (χ1n) is 3.00. The average Bonchev–Trinajstić information content (AvgIpc) is 2.36. The van der Waals surface area contributed by atoms with Crippen LogP contribution in [0.3, 0.4) is 0 Å². The van der Waals surface area contributed by atoms with Crippen LogP contribution in [-0.2, 0) is 0 Å². The molecule has 2 heteroatoms. The minimum Gasteiger partial charge on any atom is -0.395 e. The molecule has 9 heavy (non-hydrogen) atoms. The number of rotatable bonds is 1. The third kappa shape index (κ3) is 0.962. The van der Waals surface area contributed by atoms with E-state index in [1.807, 2.05) is 12.2 Å². The van der Waals surface area contributed by atoms with Crippen LogP contribution in [0.4, 0.5) is 0 Å². The number of nitriles is 1. The highest BCUT2D eigenvalue weighted by Crippen LogP contribution is 2.31. The molecule has 1 aliphatic rings. The summed E-state index contributed by atoms with van der Waals surface area (Å²) in [6, 6.07) is 2.11. The third-order valence-corrected chi connectivity index (χ3v) is 1.72. The van der Waals surface area contributed by atoms with Crippen molar-refractivity contribution >= 4 is 0 Å². The number of nitrogens with zero attached hydrogens (tertiary/aromatic N) is 1. The highest BCUT2D eigenvalue weighted by atomic mass is 16.3. The van der Waals surface area contributed by atoms with E-state index in [1.54, 1.807) is 0 Å². The van der Waals surface area contributed by atoms with Crippen molar-refractivity contribution in [2.24, 2.45) is 5.41 Å². The molecule has 0 saturated heterocycles. The number of allylic oxidation sites excluding steroid dienone is 2. The van der Waals surface area contributed by atoms with E-state index in [0.717, 1.165) is 0 Å². The number of aliphatic hydroxyl groups excluding tert-OH is 1. The van der Waals surface area contributed by atoms with Gasteiger partial charge in [0.15, 0.2) is 0 Å². The zero-order valence-electron chi connectivity index (χ0n) is 5.17. The molecule has 0 unspecified atom stereocenters. The van der Waals surface area contributed by atoms with E-state index in [-0.39, 0.29) is 6.61 Å². The lowest BCUT2D eigenvalue weighted by Crippen LogP contribution is -2.18. The van der Waals surface area contributed by atoms with Gasteiger partial charge in [-0.1, -0.05) is 12.2 Å². The van der Waals surface area contributed by atoms with Gasteiger partial charge in [0.1, 0.15) is 0 Å². The second kappa shape index (κ2) is 2.20. The number of aliphatic hydroxyl groups is 1. The van der Waals surface area contributed by atoms with Crippen molar-refractivity contribution in [2.45, 2.75) is 12.8 Å². The summed E-state index contributed by atoms with van der Waals surface area (Å²) in [4.78, 5) is 0. The molecule has 2 nitrogen and oxygen atoms in total. The Morgan fingerprint density at radius 3 is 2.33 bits per heavy atom. The van der Waals surface area contributed by atoms with Crippen molar-refractivity contribution in [3.05, 3.63) is 12.2 Å². The first kappa shape index (κ1) is 6.31. The summed E-state index contributed by atoms with van der Waals surface area (Å²) in [7, 11) is 0. The fourth-order valence-electron chi connectivity index (χ4n) is 0.957. The molecular weight excluding hydrogens is 114 g/mol. The van der Waals surface area contributed by atoms with Gasteiger partial charge in [0, 0.05) is 0 Å². The van der Waals surface area contributed by atoms with Gasteiger partial charge in [0.25, 0.3) is 0 Å². The van der Waals surface area contributed by atoms with Crippen molar-refractivity contribution < 1.29 is 5.11 Å². The first-order valence-corrected chi connectivity index (χ1v) is 3.00.